The van der Waals surface area contributed by atoms with Crippen LogP contribution in [0, 0.1) is 0 Å². The van der Waals surface area contributed by atoms with E-state index in [0.717, 1.165) is 0 Å². The van der Waals surface area contributed by atoms with Crippen molar-refractivity contribution in [3.63, 3.8) is 0 Å². The largest absolute Gasteiger partial charge is 0.469 e. The van der Waals surface area contributed by atoms with Crippen molar-refractivity contribution in [3.05, 3.63) is 0 Å². The zero-order chi connectivity index (χ0) is 12.5. The lowest BCUT2D eigenvalue weighted by Gasteiger charge is -2.37. The molecule has 0 aromatic rings. The van der Waals surface area contributed by atoms with Crippen molar-refractivity contribution in [2.75, 3.05) is 6.61 Å². The number of aliphatic hydroxyl groups is 2. The van der Waals surface area contributed by atoms with Crippen LogP contribution in [0.25, 0.3) is 0 Å². The van der Waals surface area contributed by atoms with Crippen molar-refractivity contribution < 1.29 is 38.2 Å². The van der Waals surface area contributed by atoms with Gasteiger partial charge in [-0.15, -0.1) is 0 Å². The van der Waals surface area contributed by atoms with Gasteiger partial charge < -0.3 is 24.7 Å². The molecule has 0 saturated carbocycles. The third-order valence-electron chi connectivity index (χ3n) is 2.31. The topological polar surface area (TPSA) is 116 Å². The molecule has 1 rings (SSSR count). The van der Waals surface area contributed by atoms with E-state index >= 15 is 0 Å². The number of ether oxygens (including phenoxy) is 1. The van der Waals surface area contributed by atoms with Crippen LogP contribution in [-0.4, -0.2) is 57.2 Å². The second-order valence-electron chi connectivity index (χ2n) is 3.59. The van der Waals surface area contributed by atoms with Gasteiger partial charge in [-0.3, -0.25) is 4.52 Å². The fraction of sp³-hybridized carbons (Fsp3) is 1.00. The van der Waals surface area contributed by atoms with Crippen LogP contribution >= 0.6 is 7.82 Å². The first-order valence-electron chi connectivity index (χ1n) is 4.58. The first-order chi connectivity index (χ1) is 7.22. The van der Waals surface area contributed by atoms with E-state index < -0.39 is 45.0 Å². The van der Waals surface area contributed by atoms with Crippen LogP contribution < -0.4 is 0 Å². The number of phosphoric ester groups is 1. The van der Waals surface area contributed by atoms with Gasteiger partial charge in [0.15, 0.2) is 6.17 Å². The normalized spacial score (nSPS) is 41.0. The number of alkyl halides is 1. The van der Waals surface area contributed by atoms with Crippen molar-refractivity contribution in [2.24, 2.45) is 0 Å². The van der Waals surface area contributed by atoms with E-state index in [2.05, 4.69) is 4.52 Å². The maximum Gasteiger partial charge on any atom is 0.469 e. The second kappa shape index (κ2) is 5.05. The van der Waals surface area contributed by atoms with E-state index in [9.17, 15) is 19.2 Å². The molecular formula is C7H14FO7P. The zero-order valence-electron chi connectivity index (χ0n) is 8.43. The minimum atomic E-state index is -4.69. The Kier molecular flexibility index (Phi) is 4.42. The minimum Gasteiger partial charge on any atom is -0.387 e. The van der Waals surface area contributed by atoms with Crippen molar-refractivity contribution in [2.45, 2.75) is 37.5 Å². The van der Waals surface area contributed by atoms with Gasteiger partial charge >= 0.3 is 7.82 Å². The molecule has 1 heterocycles. The van der Waals surface area contributed by atoms with Crippen molar-refractivity contribution in [1.82, 2.24) is 0 Å². The van der Waals surface area contributed by atoms with E-state index in [1.165, 1.54) is 6.92 Å². The lowest BCUT2D eigenvalue weighted by Crippen LogP contribution is -2.56. The molecule has 1 fully saturated rings. The van der Waals surface area contributed by atoms with E-state index in [0.29, 0.717) is 0 Å². The molecule has 1 aliphatic heterocycles. The summed E-state index contributed by atoms with van der Waals surface area (Å²) in [5, 5.41) is 18.5. The molecule has 0 bridgehead atoms. The summed E-state index contributed by atoms with van der Waals surface area (Å²) in [6, 6.07) is 0. The third-order valence-corrected chi connectivity index (χ3v) is 2.80. The second-order valence-corrected chi connectivity index (χ2v) is 4.83. The lowest BCUT2D eigenvalue weighted by molar-refractivity contribution is -0.205. The fourth-order valence-corrected chi connectivity index (χ4v) is 1.75. The predicted molar refractivity (Wildman–Crippen MR) is 49.2 cm³/mol. The molecule has 0 amide bonds. The average Bonchev–Trinajstić information content (AvgIpc) is 2.17. The van der Waals surface area contributed by atoms with Crippen LogP contribution in [0.2, 0.25) is 0 Å². The summed E-state index contributed by atoms with van der Waals surface area (Å²) in [7, 11) is -4.69. The first-order valence-corrected chi connectivity index (χ1v) is 6.11. The van der Waals surface area contributed by atoms with Crippen molar-refractivity contribution in [3.8, 4) is 0 Å². The van der Waals surface area contributed by atoms with Crippen molar-refractivity contribution in [1.29, 1.82) is 0 Å². The van der Waals surface area contributed by atoms with Gasteiger partial charge in [-0.2, -0.15) is 0 Å². The van der Waals surface area contributed by atoms with Crippen molar-refractivity contribution >= 4 is 7.82 Å². The van der Waals surface area contributed by atoms with Gasteiger partial charge in [-0.05, 0) is 6.92 Å². The molecule has 5 atom stereocenters. The first kappa shape index (κ1) is 14.0. The molecule has 0 aromatic heterocycles. The highest BCUT2D eigenvalue weighted by atomic mass is 31.2. The summed E-state index contributed by atoms with van der Waals surface area (Å²) in [5.74, 6) is 0. The van der Waals surface area contributed by atoms with Gasteiger partial charge in [0.1, 0.15) is 18.3 Å². The molecule has 1 aliphatic rings. The Morgan fingerprint density at radius 1 is 1.38 bits per heavy atom. The lowest BCUT2D eigenvalue weighted by atomic mass is 9.97. The SMILES string of the molecule is CC1OC(COP(=O)(O)O)[C@@H](O)C(F)[C@@H]1O. The molecule has 0 radical (unpaired) electrons. The Bertz CT molecular complexity index is 282. The van der Waals surface area contributed by atoms with Gasteiger partial charge in [0, 0.05) is 0 Å². The molecule has 7 nitrogen and oxygen atoms in total. The third kappa shape index (κ3) is 3.46. The number of aliphatic hydroxyl groups excluding tert-OH is 2. The zero-order valence-corrected chi connectivity index (χ0v) is 9.33. The Hall–Kier alpha value is -0.0800. The Balaban J connectivity index is 2.57. The summed E-state index contributed by atoms with van der Waals surface area (Å²) < 4.78 is 32.7. The molecule has 3 unspecified atom stereocenters. The van der Waals surface area contributed by atoms with Gasteiger partial charge in [-0.1, -0.05) is 0 Å². The summed E-state index contributed by atoms with van der Waals surface area (Å²) in [4.78, 5) is 16.9. The quantitative estimate of drug-likeness (QED) is 0.478. The van der Waals surface area contributed by atoms with Crippen LogP contribution in [0.4, 0.5) is 4.39 Å². The highest BCUT2D eigenvalue weighted by Gasteiger charge is 2.43. The highest BCUT2D eigenvalue weighted by Crippen LogP contribution is 2.37. The molecular weight excluding hydrogens is 246 g/mol. The Morgan fingerprint density at radius 2 is 1.94 bits per heavy atom. The monoisotopic (exact) mass is 260 g/mol. The average molecular weight is 260 g/mol. The number of hydrogen-bond donors (Lipinski definition) is 4. The molecule has 0 aliphatic carbocycles. The van der Waals surface area contributed by atoms with Crippen LogP contribution in [0.15, 0.2) is 0 Å². The van der Waals surface area contributed by atoms with Gasteiger partial charge in [0.05, 0.1) is 12.7 Å². The number of phosphoric acid groups is 1. The van der Waals surface area contributed by atoms with E-state index in [1.807, 2.05) is 0 Å². The van der Waals surface area contributed by atoms with Crippen LogP contribution in [-0.2, 0) is 13.8 Å². The van der Waals surface area contributed by atoms with Crippen LogP contribution in [0.1, 0.15) is 6.92 Å². The Labute approximate surface area is 91.0 Å². The van der Waals surface area contributed by atoms with E-state index in [-0.39, 0.29) is 0 Å². The van der Waals surface area contributed by atoms with Gasteiger partial charge in [0.25, 0.3) is 0 Å². The summed E-state index contributed by atoms with van der Waals surface area (Å²) >= 11 is 0. The molecule has 1 saturated heterocycles. The molecule has 0 aromatic carbocycles. The standard InChI is InChI=1S/C7H14FO7P/c1-3-6(9)5(8)7(10)4(15-3)2-14-16(11,12)13/h3-7,9-10H,2H2,1H3,(H2,11,12,13)/t3?,4?,5?,6-,7-/m1/s1. The predicted octanol–water partition coefficient (Wildman–Crippen LogP) is -1.06. The van der Waals surface area contributed by atoms with E-state index in [4.69, 9.17) is 14.5 Å². The molecule has 0 spiro atoms. The minimum absolute atomic E-state index is 0.650. The number of halogens is 1. The highest BCUT2D eigenvalue weighted by molar-refractivity contribution is 7.46. The maximum absolute atomic E-state index is 13.3. The fourth-order valence-electron chi connectivity index (χ4n) is 1.41. The summed E-state index contributed by atoms with van der Waals surface area (Å²) in [6.45, 7) is 0.733. The summed E-state index contributed by atoms with van der Waals surface area (Å²) in [5.41, 5.74) is 0. The molecule has 4 N–H and O–H groups in total. The molecule has 9 heteroatoms. The number of rotatable bonds is 3. The molecule has 16 heavy (non-hydrogen) atoms. The van der Waals surface area contributed by atoms with Gasteiger partial charge in [-0.25, -0.2) is 8.96 Å². The van der Waals surface area contributed by atoms with E-state index in [1.54, 1.807) is 0 Å². The Morgan fingerprint density at radius 3 is 2.44 bits per heavy atom. The van der Waals surface area contributed by atoms with Crippen LogP contribution in [0.3, 0.4) is 0 Å². The smallest absolute Gasteiger partial charge is 0.387 e. The maximum atomic E-state index is 13.3. The number of hydrogen-bond acceptors (Lipinski definition) is 5. The van der Waals surface area contributed by atoms with Gasteiger partial charge in [0.2, 0.25) is 0 Å². The van der Waals surface area contributed by atoms with Crippen LogP contribution in [0.5, 0.6) is 0 Å². The summed E-state index contributed by atoms with van der Waals surface area (Å²) in [6.07, 6.45) is -7.20. The molecule has 96 valence electrons.